The summed E-state index contributed by atoms with van der Waals surface area (Å²) in [5.74, 6) is -1.37. The number of urea groups is 1. The summed E-state index contributed by atoms with van der Waals surface area (Å²) in [5, 5.41) is 32.1. The number of likely N-dealkylation sites (N-methyl/N-ethyl adjacent to an activating group) is 1. The Kier molecular flexibility index (Phi) is 10.1. The van der Waals surface area contributed by atoms with Crippen molar-refractivity contribution < 1.29 is 34.2 Å². The van der Waals surface area contributed by atoms with Crippen molar-refractivity contribution in [3.63, 3.8) is 0 Å². The minimum Gasteiger partial charge on any atom is -0.481 e. The number of aliphatic hydroxyl groups is 1. The van der Waals surface area contributed by atoms with Crippen molar-refractivity contribution in [1.82, 2.24) is 26.6 Å². The molecule has 2 heterocycles. The van der Waals surface area contributed by atoms with Gasteiger partial charge in [0.05, 0.1) is 31.3 Å². The number of aliphatic hydroxyl groups excluding tert-OH is 1. The average molecular weight is 501 g/mol. The molecular weight excluding hydrogens is 466 g/mol. The van der Waals surface area contributed by atoms with Crippen LogP contribution in [0, 0.1) is 5.92 Å². The van der Waals surface area contributed by atoms with Crippen LogP contribution in [-0.2, 0) is 19.2 Å². The molecule has 34 heavy (non-hydrogen) atoms. The van der Waals surface area contributed by atoms with Crippen molar-refractivity contribution in [3.8, 4) is 0 Å². The molecule has 2 aliphatic heterocycles. The maximum absolute atomic E-state index is 13.6. The summed E-state index contributed by atoms with van der Waals surface area (Å²) in [5.41, 5.74) is 0. The fraction of sp³-hybridized carbons (Fsp3) is 0.714. The molecule has 2 saturated heterocycles. The number of unbranched alkanes of at least 4 members (excludes halogenated alkanes) is 1. The van der Waals surface area contributed by atoms with Gasteiger partial charge in [0.1, 0.15) is 10.8 Å². The molecule has 2 aliphatic rings. The van der Waals surface area contributed by atoms with Gasteiger partial charge in [0.25, 0.3) is 0 Å². The molecule has 0 bridgehead atoms. The molecule has 1 unspecified atom stereocenters. The number of hydrogen-bond donors (Lipinski definition) is 7. The molecule has 0 saturated carbocycles. The van der Waals surface area contributed by atoms with Gasteiger partial charge in [0.15, 0.2) is 5.78 Å². The van der Waals surface area contributed by atoms with E-state index < -0.39 is 53.0 Å². The van der Waals surface area contributed by atoms with Crippen molar-refractivity contribution in [2.45, 2.75) is 68.4 Å². The summed E-state index contributed by atoms with van der Waals surface area (Å²) in [6.45, 7) is 2.65. The Hall–Kier alpha value is -2.38. The van der Waals surface area contributed by atoms with E-state index in [1.807, 2.05) is 0 Å². The number of rotatable bonds is 14. The van der Waals surface area contributed by atoms with Crippen LogP contribution in [0.3, 0.4) is 0 Å². The van der Waals surface area contributed by atoms with Crippen molar-refractivity contribution in [3.05, 3.63) is 5.92 Å². The van der Waals surface area contributed by atoms with E-state index >= 15 is 0 Å². The molecule has 4 amide bonds. The maximum atomic E-state index is 13.6. The van der Waals surface area contributed by atoms with Crippen LogP contribution in [0.2, 0.25) is 0 Å². The van der Waals surface area contributed by atoms with Crippen LogP contribution in [-0.4, -0.2) is 94.7 Å². The van der Waals surface area contributed by atoms with Gasteiger partial charge in [-0.1, -0.05) is 20.3 Å². The topological polar surface area (TPSA) is 186 Å². The Morgan fingerprint density at radius 3 is 2.47 bits per heavy atom. The molecule has 1 radical (unpaired) electrons. The number of thioether (sulfide) groups is 1. The van der Waals surface area contributed by atoms with Crippen molar-refractivity contribution in [1.29, 1.82) is 0 Å². The Bertz CT molecular complexity index is 795. The van der Waals surface area contributed by atoms with E-state index in [1.165, 1.54) is 11.8 Å². The SMILES string of the molecule is CNCC(=O)N[C@@H](CO)C(=O)C(NC(=O)[C@@]1(CCCCC(=O)O)SC[C@@H]2NC(=O)N[C@@H]21)[C](C)C. The third kappa shape index (κ3) is 6.60. The first-order chi connectivity index (χ1) is 16.0. The predicted octanol–water partition coefficient (Wildman–Crippen LogP) is -1.47. The molecular formula is C21H34N5O7S. The van der Waals surface area contributed by atoms with Gasteiger partial charge in [-0.3, -0.25) is 19.2 Å². The first kappa shape index (κ1) is 27.9. The molecule has 7 N–H and O–H groups in total. The van der Waals surface area contributed by atoms with Crippen LogP contribution in [0.5, 0.6) is 0 Å². The third-order valence-electron chi connectivity index (χ3n) is 5.94. The quantitative estimate of drug-likeness (QED) is 0.110. The van der Waals surface area contributed by atoms with Crippen LogP contribution < -0.4 is 26.6 Å². The molecule has 0 aromatic heterocycles. The molecule has 2 fully saturated rings. The third-order valence-corrected chi connectivity index (χ3v) is 7.62. The zero-order valence-corrected chi connectivity index (χ0v) is 20.4. The zero-order chi connectivity index (χ0) is 25.5. The summed E-state index contributed by atoms with van der Waals surface area (Å²) in [7, 11) is 1.57. The van der Waals surface area contributed by atoms with Gasteiger partial charge in [-0.05, 0) is 25.8 Å². The largest absolute Gasteiger partial charge is 0.481 e. The predicted molar refractivity (Wildman–Crippen MR) is 125 cm³/mol. The van der Waals surface area contributed by atoms with Crippen LogP contribution >= 0.6 is 11.8 Å². The number of ketones is 1. The molecule has 0 spiro atoms. The summed E-state index contributed by atoms with van der Waals surface area (Å²) in [6, 6.07) is -3.44. The van der Waals surface area contributed by atoms with Crippen LogP contribution in [0.15, 0.2) is 0 Å². The normalized spacial score (nSPS) is 25.1. The lowest BCUT2D eigenvalue weighted by Gasteiger charge is -2.35. The Morgan fingerprint density at radius 1 is 1.18 bits per heavy atom. The zero-order valence-electron chi connectivity index (χ0n) is 19.6. The molecule has 0 aliphatic carbocycles. The van der Waals surface area contributed by atoms with Crippen LogP contribution in [0.1, 0.15) is 39.5 Å². The first-order valence-corrected chi connectivity index (χ1v) is 12.2. The molecule has 5 atom stereocenters. The van der Waals surface area contributed by atoms with Gasteiger partial charge in [-0.2, -0.15) is 0 Å². The van der Waals surface area contributed by atoms with E-state index in [9.17, 15) is 29.1 Å². The smallest absolute Gasteiger partial charge is 0.315 e. The number of carboxylic acids is 1. The van der Waals surface area contributed by atoms with Crippen LogP contribution in [0.4, 0.5) is 4.79 Å². The number of aliphatic carboxylic acids is 1. The van der Waals surface area contributed by atoms with Gasteiger partial charge < -0.3 is 36.8 Å². The van der Waals surface area contributed by atoms with Gasteiger partial charge in [0.2, 0.25) is 11.8 Å². The Morgan fingerprint density at radius 2 is 1.88 bits per heavy atom. The number of Topliss-reactive ketones (excluding diaryl/α,β-unsaturated/α-hetero) is 1. The van der Waals surface area contributed by atoms with Gasteiger partial charge >= 0.3 is 12.0 Å². The van der Waals surface area contributed by atoms with Crippen LogP contribution in [0.25, 0.3) is 0 Å². The molecule has 0 aromatic carbocycles. The summed E-state index contributed by atoms with van der Waals surface area (Å²) < 4.78 is -1.10. The highest BCUT2D eigenvalue weighted by molar-refractivity contribution is 8.01. The highest BCUT2D eigenvalue weighted by atomic mass is 32.2. The van der Waals surface area contributed by atoms with Crippen molar-refractivity contribution >= 4 is 41.4 Å². The molecule has 2 rings (SSSR count). The molecule has 12 nitrogen and oxygen atoms in total. The average Bonchev–Trinajstić information content (AvgIpc) is 3.30. The van der Waals surface area contributed by atoms with E-state index in [0.717, 1.165) is 0 Å². The van der Waals surface area contributed by atoms with E-state index in [2.05, 4.69) is 26.6 Å². The number of nitrogens with one attached hydrogen (secondary N) is 5. The molecule has 191 valence electrons. The van der Waals surface area contributed by atoms with Gasteiger partial charge in [-0.15, -0.1) is 11.8 Å². The monoisotopic (exact) mass is 500 g/mol. The summed E-state index contributed by atoms with van der Waals surface area (Å²) >= 11 is 1.36. The number of hydrogen-bond acceptors (Lipinski definition) is 8. The number of carbonyl (C=O) groups excluding carboxylic acids is 4. The fourth-order valence-corrected chi connectivity index (χ4v) is 5.86. The second kappa shape index (κ2) is 12.4. The molecule has 13 heteroatoms. The van der Waals surface area contributed by atoms with E-state index in [4.69, 9.17) is 5.11 Å². The summed E-state index contributed by atoms with van der Waals surface area (Å²) in [6.07, 6.45) is 1.09. The number of amides is 4. The number of fused-ring (bicyclic) bond motifs is 1. The van der Waals surface area contributed by atoms with Gasteiger partial charge in [0, 0.05) is 12.2 Å². The Balaban J connectivity index is 2.21. The summed E-state index contributed by atoms with van der Waals surface area (Å²) in [4.78, 5) is 61.5. The second-order valence-electron chi connectivity index (χ2n) is 8.72. The Labute approximate surface area is 202 Å². The minimum absolute atomic E-state index is 0.0332. The number of carbonyl (C=O) groups is 5. The highest BCUT2D eigenvalue weighted by Crippen LogP contribution is 2.44. The fourth-order valence-electron chi connectivity index (χ4n) is 4.22. The van der Waals surface area contributed by atoms with Crippen molar-refractivity contribution in [2.75, 3.05) is 26.0 Å². The van der Waals surface area contributed by atoms with Crippen molar-refractivity contribution in [2.24, 2.45) is 0 Å². The lowest BCUT2D eigenvalue weighted by molar-refractivity contribution is -0.137. The van der Waals surface area contributed by atoms with E-state index in [1.54, 1.807) is 20.9 Å². The maximum Gasteiger partial charge on any atom is 0.315 e. The van der Waals surface area contributed by atoms with Gasteiger partial charge in [-0.25, -0.2) is 4.79 Å². The molecule has 0 aromatic rings. The lowest BCUT2D eigenvalue weighted by atomic mass is 9.87. The number of carboxylic acid groups (broad SMARTS) is 1. The van der Waals surface area contributed by atoms with E-state index in [0.29, 0.717) is 30.9 Å². The van der Waals surface area contributed by atoms with E-state index in [-0.39, 0.29) is 25.0 Å². The standard InChI is InChI=1S/C21H34N5O7S/c1-11(2)16(17(31)12(9-27)23-14(28)8-22-3)25-19(32)21(7-5-4-6-15(29)30)18-13(10-34-21)24-20(33)26-18/h12-13,16,18,22,27H,4-10H2,1-3H3,(H,23,28)(H,25,32)(H,29,30)(H2,24,26,33)/t12-,13-,16?,18-,21-/m0/s1. The highest BCUT2D eigenvalue weighted by Gasteiger charge is 2.58. The lowest BCUT2D eigenvalue weighted by Crippen LogP contribution is -2.61. The first-order valence-electron chi connectivity index (χ1n) is 11.2. The minimum atomic E-state index is -1.20. The second-order valence-corrected chi connectivity index (χ2v) is 10.1.